The van der Waals surface area contributed by atoms with E-state index in [1.807, 2.05) is 30.3 Å². The lowest BCUT2D eigenvalue weighted by molar-refractivity contribution is -0.274. The third kappa shape index (κ3) is 4.83. The molecule has 4 nitrogen and oxygen atoms in total. The largest absolute Gasteiger partial charge is 0.573 e. The smallest absolute Gasteiger partial charge is 0.406 e. The molecule has 4 unspecified atom stereocenters. The predicted molar refractivity (Wildman–Crippen MR) is 103 cm³/mol. The zero-order valence-corrected chi connectivity index (χ0v) is 15.8. The number of halogens is 3. The molecule has 2 aliphatic rings. The number of nitrogens with one attached hydrogen (secondary N) is 2. The lowest BCUT2D eigenvalue weighted by atomic mass is 9.68. The van der Waals surface area contributed by atoms with E-state index in [0.717, 1.165) is 36.9 Å². The van der Waals surface area contributed by atoms with E-state index in [4.69, 9.17) is 0 Å². The Bertz CT molecular complexity index is 839. The summed E-state index contributed by atoms with van der Waals surface area (Å²) in [4.78, 5) is 12.6. The van der Waals surface area contributed by atoms with Gasteiger partial charge in [0.25, 0.3) is 0 Å². The van der Waals surface area contributed by atoms with Crippen LogP contribution in [-0.2, 0) is 4.79 Å². The van der Waals surface area contributed by atoms with Crippen LogP contribution in [0.3, 0.4) is 0 Å². The maximum absolute atomic E-state index is 12.6. The van der Waals surface area contributed by atoms with Crippen LogP contribution in [-0.4, -0.2) is 18.4 Å². The average molecular weight is 404 g/mol. The first kappa shape index (κ1) is 19.6. The Morgan fingerprint density at radius 1 is 0.966 bits per heavy atom. The third-order valence-corrected chi connectivity index (χ3v) is 5.87. The molecule has 1 aliphatic carbocycles. The maximum atomic E-state index is 12.6. The highest BCUT2D eigenvalue weighted by Gasteiger charge is 2.41. The Hall–Kier alpha value is -2.70. The molecule has 2 aromatic carbocycles. The topological polar surface area (TPSA) is 50.4 Å². The van der Waals surface area contributed by atoms with Crippen molar-refractivity contribution in [3.8, 4) is 5.75 Å². The van der Waals surface area contributed by atoms with Crippen molar-refractivity contribution in [2.45, 2.75) is 44.1 Å². The first-order valence-electron chi connectivity index (χ1n) is 9.85. The van der Waals surface area contributed by atoms with Gasteiger partial charge in [-0.05, 0) is 67.3 Å². The van der Waals surface area contributed by atoms with Crippen molar-refractivity contribution in [1.29, 1.82) is 0 Å². The first-order chi connectivity index (χ1) is 13.9. The molecule has 0 bridgehead atoms. The highest BCUT2D eigenvalue weighted by molar-refractivity contribution is 5.80. The Balaban J connectivity index is 1.41. The molecular weight excluding hydrogens is 381 g/mol. The molecule has 4 rings (SSSR count). The normalized spacial score (nSPS) is 26.9. The van der Waals surface area contributed by atoms with Crippen LogP contribution >= 0.6 is 0 Å². The average Bonchev–Trinajstić information content (AvgIpc) is 2.68. The highest BCUT2D eigenvalue weighted by atomic mass is 19.4. The standard InChI is InChI=1S/C22H23F3N2O2/c23-22(24,25)29-18-9-6-14(7-10-18)15-8-11-19-16(12-15)13-20(27-21(19)28)26-17-4-2-1-3-5-17/h1-7,9-10,15-16,19-20,26H,8,11-13H2,(H,27,28). The molecule has 0 radical (unpaired) electrons. The zero-order valence-electron chi connectivity index (χ0n) is 15.8. The van der Waals surface area contributed by atoms with Gasteiger partial charge in [-0.3, -0.25) is 4.79 Å². The van der Waals surface area contributed by atoms with Crippen LogP contribution in [0.25, 0.3) is 0 Å². The molecule has 2 fully saturated rings. The fourth-order valence-corrected chi connectivity index (χ4v) is 4.59. The van der Waals surface area contributed by atoms with E-state index in [1.54, 1.807) is 12.1 Å². The monoisotopic (exact) mass is 404 g/mol. The van der Waals surface area contributed by atoms with E-state index in [2.05, 4.69) is 15.4 Å². The first-order valence-corrected chi connectivity index (χ1v) is 9.85. The number of carbonyl (C=O) groups is 1. The van der Waals surface area contributed by atoms with Gasteiger partial charge in [-0.1, -0.05) is 30.3 Å². The lowest BCUT2D eigenvalue weighted by Gasteiger charge is -2.42. The number of para-hydroxylation sites is 1. The number of hydrogen-bond acceptors (Lipinski definition) is 3. The zero-order chi connectivity index (χ0) is 20.4. The molecule has 1 saturated heterocycles. The highest BCUT2D eigenvalue weighted by Crippen LogP contribution is 2.43. The number of anilines is 1. The predicted octanol–water partition coefficient (Wildman–Crippen LogP) is 5.04. The van der Waals surface area contributed by atoms with Gasteiger partial charge in [0.15, 0.2) is 0 Å². The van der Waals surface area contributed by atoms with Crippen LogP contribution in [0.4, 0.5) is 18.9 Å². The van der Waals surface area contributed by atoms with Crippen LogP contribution < -0.4 is 15.4 Å². The molecule has 154 valence electrons. The minimum Gasteiger partial charge on any atom is -0.406 e. The van der Waals surface area contributed by atoms with E-state index in [1.165, 1.54) is 12.1 Å². The molecular formula is C22H23F3N2O2. The van der Waals surface area contributed by atoms with Gasteiger partial charge in [-0.15, -0.1) is 13.2 Å². The number of benzene rings is 2. The van der Waals surface area contributed by atoms with Crippen LogP contribution in [0.15, 0.2) is 54.6 Å². The molecule has 29 heavy (non-hydrogen) atoms. The molecule has 4 atom stereocenters. The second kappa shape index (κ2) is 7.97. The number of rotatable bonds is 4. The minimum absolute atomic E-state index is 0.00732. The van der Waals surface area contributed by atoms with E-state index < -0.39 is 6.36 Å². The summed E-state index contributed by atoms with van der Waals surface area (Å²) in [5.41, 5.74) is 1.96. The fourth-order valence-electron chi connectivity index (χ4n) is 4.59. The molecule has 0 aromatic heterocycles. The molecule has 2 aromatic rings. The number of fused-ring (bicyclic) bond motifs is 1. The molecule has 2 N–H and O–H groups in total. The Morgan fingerprint density at radius 2 is 1.69 bits per heavy atom. The van der Waals surface area contributed by atoms with Crippen LogP contribution in [0, 0.1) is 11.8 Å². The number of carbonyl (C=O) groups excluding carboxylic acids is 1. The summed E-state index contributed by atoms with van der Waals surface area (Å²) < 4.78 is 41.0. The number of hydrogen-bond donors (Lipinski definition) is 2. The van der Waals surface area contributed by atoms with Gasteiger partial charge in [0.1, 0.15) is 5.75 Å². The second-order valence-corrected chi connectivity index (χ2v) is 7.80. The van der Waals surface area contributed by atoms with Crippen LogP contribution in [0.5, 0.6) is 5.75 Å². The summed E-state index contributed by atoms with van der Waals surface area (Å²) in [6.45, 7) is 0. The summed E-state index contributed by atoms with van der Waals surface area (Å²) in [6, 6.07) is 15.9. The van der Waals surface area contributed by atoms with Gasteiger partial charge in [0, 0.05) is 11.6 Å². The summed E-state index contributed by atoms with van der Waals surface area (Å²) in [5, 5.41) is 6.45. The Labute approximate surface area is 167 Å². The van der Waals surface area contributed by atoms with Gasteiger partial charge >= 0.3 is 6.36 Å². The summed E-state index contributed by atoms with van der Waals surface area (Å²) in [6.07, 6.45) is -1.48. The molecule has 7 heteroatoms. The maximum Gasteiger partial charge on any atom is 0.573 e. The summed E-state index contributed by atoms with van der Waals surface area (Å²) >= 11 is 0. The molecule has 1 heterocycles. The third-order valence-electron chi connectivity index (χ3n) is 5.87. The van der Waals surface area contributed by atoms with Gasteiger partial charge in [0.2, 0.25) is 5.91 Å². The Kier molecular flexibility index (Phi) is 5.39. The second-order valence-electron chi connectivity index (χ2n) is 7.80. The van der Waals surface area contributed by atoms with Crippen molar-refractivity contribution >= 4 is 11.6 Å². The van der Waals surface area contributed by atoms with E-state index in [0.29, 0.717) is 0 Å². The van der Waals surface area contributed by atoms with Gasteiger partial charge in [-0.2, -0.15) is 0 Å². The molecule has 1 aliphatic heterocycles. The van der Waals surface area contributed by atoms with E-state index >= 15 is 0 Å². The SMILES string of the molecule is O=C1NC(Nc2ccccc2)CC2CC(c3ccc(OC(F)(F)F)cc3)CCC12. The van der Waals surface area contributed by atoms with Crippen molar-refractivity contribution in [2.75, 3.05) is 5.32 Å². The van der Waals surface area contributed by atoms with Gasteiger partial charge in [0.05, 0.1) is 6.17 Å². The van der Waals surface area contributed by atoms with Crippen molar-refractivity contribution in [3.63, 3.8) is 0 Å². The number of piperidine rings is 1. The Morgan fingerprint density at radius 3 is 2.38 bits per heavy atom. The van der Waals surface area contributed by atoms with Crippen LogP contribution in [0.2, 0.25) is 0 Å². The quantitative estimate of drug-likeness (QED) is 0.750. The minimum atomic E-state index is -4.68. The summed E-state index contributed by atoms with van der Waals surface area (Å²) in [5.74, 6) is 0.364. The van der Waals surface area contributed by atoms with Gasteiger partial charge < -0.3 is 15.4 Å². The van der Waals surface area contributed by atoms with E-state index in [9.17, 15) is 18.0 Å². The van der Waals surface area contributed by atoms with Crippen molar-refractivity contribution in [3.05, 3.63) is 60.2 Å². The fraction of sp³-hybridized carbons (Fsp3) is 0.409. The van der Waals surface area contributed by atoms with Gasteiger partial charge in [-0.25, -0.2) is 0 Å². The molecule has 0 spiro atoms. The summed E-state index contributed by atoms with van der Waals surface area (Å²) in [7, 11) is 0. The van der Waals surface area contributed by atoms with Crippen molar-refractivity contribution in [2.24, 2.45) is 11.8 Å². The van der Waals surface area contributed by atoms with Crippen LogP contribution in [0.1, 0.15) is 37.2 Å². The lowest BCUT2D eigenvalue weighted by Crippen LogP contribution is -2.53. The molecule has 1 saturated carbocycles. The molecule has 1 amide bonds. The van der Waals surface area contributed by atoms with E-state index in [-0.39, 0.29) is 35.6 Å². The number of ether oxygens (including phenoxy) is 1. The number of amides is 1. The van der Waals surface area contributed by atoms with Crippen molar-refractivity contribution in [1.82, 2.24) is 5.32 Å². The van der Waals surface area contributed by atoms with Crippen molar-refractivity contribution < 1.29 is 22.7 Å². The number of alkyl halides is 3.